The van der Waals surface area contributed by atoms with Gasteiger partial charge in [-0.3, -0.25) is 4.98 Å². The minimum Gasteiger partial charge on any atom is -0.445 e. The Hall–Kier alpha value is -3.02. The lowest BCUT2D eigenvalue weighted by Crippen LogP contribution is -2.23. The summed E-state index contributed by atoms with van der Waals surface area (Å²) in [5.41, 5.74) is 2.82. The second-order valence-corrected chi connectivity index (χ2v) is 4.76. The van der Waals surface area contributed by atoms with Crippen molar-refractivity contribution in [2.75, 3.05) is 0 Å². The minimum atomic E-state index is -0.500. The van der Waals surface area contributed by atoms with E-state index in [1.807, 2.05) is 30.3 Å². The largest absolute Gasteiger partial charge is 0.445 e. The van der Waals surface area contributed by atoms with Gasteiger partial charge in [-0.15, -0.1) is 0 Å². The van der Waals surface area contributed by atoms with Crippen LogP contribution in [0.3, 0.4) is 0 Å². The van der Waals surface area contributed by atoms with Crippen LogP contribution < -0.4 is 11.1 Å². The number of benzene rings is 2. The normalized spacial score (nSPS) is 10.5. The summed E-state index contributed by atoms with van der Waals surface area (Å²) < 4.78 is 10.1. The van der Waals surface area contributed by atoms with Gasteiger partial charge in [0, 0.05) is 6.54 Å². The van der Waals surface area contributed by atoms with Crippen LogP contribution in [0.5, 0.6) is 0 Å². The zero-order valence-electron chi connectivity index (χ0n) is 11.7. The molecule has 0 aliphatic heterocycles. The number of hydrogen-bond donors (Lipinski definition) is 2. The Bertz CT molecular complexity index is 836. The summed E-state index contributed by atoms with van der Waals surface area (Å²) in [7, 11) is 0. The molecule has 22 heavy (non-hydrogen) atoms. The molecule has 1 amide bonds. The first kappa shape index (κ1) is 13.9. The highest BCUT2D eigenvalue weighted by molar-refractivity contribution is 5.73. The quantitative estimate of drug-likeness (QED) is 0.775. The number of rotatable bonds is 4. The van der Waals surface area contributed by atoms with Gasteiger partial charge in [0.15, 0.2) is 5.58 Å². The first-order chi connectivity index (χ1) is 10.7. The van der Waals surface area contributed by atoms with E-state index < -0.39 is 11.8 Å². The average molecular weight is 298 g/mol. The van der Waals surface area contributed by atoms with Crippen LogP contribution in [0.2, 0.25) is 0 Å². The van der Waals surface area contributed by atoms with Crippen molar-refractivity contribution in [3.63, 3.8) is 0 Å². The summed E-state index contributed by atoms with van der Waals surface area (Å²) in [4.78, 5) is 25.3. The van der Waals surface area contributed by atoms with Crippen LogP contribution >= 0.6 is 0 Å². The molecule has 0 aliphatic carbocycles. The molecule has 0 atom stereocenters. The Kier molecular flexibility index (Phi) is 3.91. The number of carbonyl (C=O) groups is 1. The number of amides is 1. The third-order valence-corrected chi connectivity index (χ3v) is 3.14. The number of hydrogen-bond acceptors (Lipinski definition) is 4. The van der Waals surface area contributed by atoms with Crippen LogP contribution in [0.1, 0.15) is 11.1 Å². The Labute approximate surface area is 125 Å². The molecular formula is C16H14N2O4. The standard InChI is InChI=1S/C16H14N2O4/c19-15(21-10-11-4-2-1-3-5-11)17-9-12-6-7-13-14(8-12)22-16(20)18-13/h1-8H,9-10H2,(H,17,19)(H,18,20). The summed E-state index contributed by atoms with van der Waals surface area (Å²) in [6, 6.07) is 14.7. The van der Waals surface area contributed by atoms with Crippen molar-refractivity contribution in [2.45, 2.75) is 13.2 Å². The number of ether oxygens (including phenoxy) is 1. The predicted molar refractivity (Wildman–Crippen MR) is 80.3 cm³/mol. The number of nitrogens with one attached hydrogen (secondary N) is 2. The van der Waals surface area contributed by atoms with Crippen molar-refractivity contribution < 1.29 is 13.9 Å². The molecule has 0 saturated carbocycles. The maximum Gasteiger partial charge on any atom is 0.417 e. The second-order valence-electron chi connectivity index (χ2n) is 4.76. The molecule has 1 aromatic heterocycles. The van der Waals surface area contributed by atoms with E-state index >= 15 is 0 Å². The fourth-order valence-corrected chi connectivity index (χ4v) is 2.05. The summed E-state index contributed by atoms with van der Waals surface area (Å²) in [5.74, 6) is -0.498. The van der Waals surface area contributed by atoms with Crippen molar-refractivity contribution in [1.29, 1.82) is 0 Å². The third kappa shape index (κ3) is 3.35. The van der Waals surface area contributed by atoms with Gasteiger partial charge in [0.2, 0.25) is 0 Å². The number of alkyl carbamates (subject to hydrolysis) is 1. The van der Waals surface area contributed by atoms with Gasteiger partial charge in [0.1, 0.15) is 6.61 Å². The molecule has 0 unspecified atom stereocenters. The molecule has 0 saturated heterocycles. The summed E-state index contributed by atoms with van der Waals surface area (Å²) in [6.07, 6.45) is -0.500. The maximum atomic E-state index is 11.6. The van der Waals surface area contributed by atoms with E-state index in [2.05, 4.69) is 10.3 Å². The van der Waals surface area contributed by atoms with Gasteiger partial charge >= 0.3 is 11.8 Å². The fourth-order valence-electron chi connectivity index (χ4n) is 2.05. The van der Waals surface area contributed by atoms with Crippen molar-refractivity contribution in [1.82, 2.24) is 10.3 Å². The Morgan fingerprint density at radius 3 is 2.77 bits per heavy atom. The summed E-state index contributed by atoms with van der Waals surface area (Å²) in [5, 5.41) is 2.65. The van der Waals surface area contributed by atoms with Crippen molar-refractivity contribution in [3.05, 3.63) is 70.2 Å². The van der Waals surface area contributed by atoms with Crippen LogP contribution in [0.4, 0.5) is 4.79 Å². The lowest BCUT2D eigenvalue weighted by molar-refractivity contribution is 0.139. The fraction of sp³-hybridized carbons (Fsp3) is 0.125. The van der Waals surface area contributed by atoms with Gasteiger partial charge in [-0.1, -0.05) is 36.4 Å². The van der Waals surface area contributed by atoms with E-state index in [0.29, 0.717) is 17.6 Å². The van der Waals surface area contributed by atoms with E-state index in [1.54, 1.807) is 18.2 Å². The first-order valence-corrected chi connectivity index (χ1v) is 6.77. The molecular weight excluding hydrogens is 284 g/mol. The molecule has 0 fully saturated rings. The molecule has 0 aliphatic rings. The van der Waals surface area contributed by atoms with E-state index in [-0.39, 0.29) is 6.61 Å². The number of aromatic amines is 1. The van der Waals surface area contributed by atoms with E-state index in [4.69, 9.17) is 9.15 Å². The SMILES string of the molecule is O=C(NCc1ccc2[nH]c(=O)oc2c1)OCc1ccccc1. The first-order valence-electron chi connectivity index (χ1n) is 6.77. The third-order valence-electron chi connectivity index (χ3n) is 3.14. The van der Waals surface area contributed by atoms with E-state index in [0.717, 1.165) is 11.1 Å². The van der Waals surface area contributed by atoms with Gasteiger partial charge in [0.05, 0.1) is 5.52 Å². The lowest BCUT2D eigenvalue weighted by atomic mass is 10.2. The van der Waals surface area contributed by atoms with Crippen molar-refractivity contribution in [2.24, 2.45) is 0 Å². The molecule has 2 N–H and O–H groups in total. The molecule has 2 aromatic carbocycles. The van der Waals surface area contributed by atoms with Crippen LogP contribution in [0, 0.1) is 0 Å². The Morgan fingerprint density at radius 1 is 1.14 bits per heavy atom. The molecule has 3 aromatic rings. The van der Waals surface area contributed by atoms with Crippen molar-refractivity contribution in [3.8, 4) is 0 Å². The molecule has 6 heteroatoms. The van der Waals surface area contributed by atoms with Crippen molar-refractivity contribution >= 4 is 17.2 Å². The Balaban J connectivity index is 1.54. The zero-order valence-corrected chi connectivity index (χ0v) is 11.7. The molecule has 3 rings (SSSR count). The highest BCUT2D eigenvalue weighted by Crippen LogP contribution is 2.12. The topological polar surface area (TPSA) is 84.3 Å². The predicted octanol–water partition coefficient (Wildman–Crippen LogP) is 2.55. The summed E-state index contributed by atoms with van der Waals surface area (Å²) in [6.45, 7) is 0.511. The summed E-state index contributed by atoms with van der Waals surface area (Å²) >= 11 is 0. The second kappa shape index (κ2) is 6.17. The number of aromatic nitrogens is 1. The average Bonchev–Trinajstić information content (AvgIpc) is 2.91. The number of carbonyl (C=O) groups excluding carboxylic acids is 1. The Morgan fingerprint density at radius 2 is 1.95 bits per heavy atom. The lowest BCUT2D eigenvalue weighted by Gasteiger charge is -2.07. The van der Waals surface area contributed by atoms with E-state index in [9.17, 15) is 9.59 Å². The van der Waals surface area contributed by atoms with E-state index in [1.165, 1.54) is 0 Å². The van der Waals surface area contributed by atoms with Gasteiger partial charge in [0.25, 0.3) is 0 Å². The highest BCUT2D eigenvalue weighted by Gasteiger charge is 2.05. The highest BCUT2D eigenvalue weighted by atomic mass is 16.5. The number of fused-ring (bicyclic) bond motifs is 1. The monoisotopic (exact) mass is 298 g/mol. The van der Waals surface area contributed by atoms with Crippen LogP contribution in [-0.2, 0) is 17.9 Å². The smallest absolute Gasteiger partial charge is 0.417 e. The molecule has 0 spiro atoms. The number of oxazole rings is 1. The van der Waals surface area contributed by atoms with Crippen LogP contribution in [-0.4, -0.2) is 11.1 Å². The van der Waals surface area contributed by atoms with Gasteiger partial charge in [-0.2, -0.15) is 0 Å². The molecule has 0 bridgehead atoms. The van der Waals surface area contributed by atoms with Crippen LogP contribution in [0.25, 0.3) is 11.1 Å². The molecule has 1 heterocycles. The molecule has 0 radical (unpaired) electrons. The maximum absolute atomic E-state index is 11.6. The molecule has 6 nitrogen and oxygen atoms in total. The minimum absolute atomic E-state index is 0.221. The number of H-pyrrole nitrogens is 1. The van der Waals surface area contributed by atoms with Gasteiger partial charge < -0.3 is 14.5 Å². The molecule has 112 valence electrons. The van der Waals surface area contributed by atoms with Crippen LogP contribution in [0.15, 0.2) is 57.7 Å². The van der Waals surface area contributed by atoms with Gasteiger partial charge in [-0.05, 0) is 23.3 Å². The zero-order chi connectivity index (χ0) is 15.4. The van der Waals surface area contributed by atoms with Gasteiger partial charge in [-0.25, -0.2) is 9.59 Å².